The summed E-state index contributed by atoms with van der Waals surface area (Å²) in [5.41, 5.74) is 0. The van der Waals surface area contributed by atoms with E-state index in [-0.39, 0.29) is 0 Å². The predicted molar refractivity (Wildman–Crippen MR) is 81.6 cm³/mol. The van der Waals surface area contributed by atoms with Gasteiger partial charge in [-0.25, -0.2) is 0 Å². The third kappa shape index (κ3) is 16.0. The Morgan fingerprint density at radius 1 is 0.632 bits per heavy atom. The number of hydrogen-bond donors (Lipinski definition) is 0. The van der Waals surface area contributed by atoms with Crippen molar-refractivity contribution in [1.82, 2.24) is 0 Å². The van der Waals surface area contributed by atoms with Crippen molar-refractivity contribution in [2.75, 3.05) is 13.2 Å². The highest BCUT2D eigenvalue weighted by Crippen LogP contribution is 2.24. The topological polar surface area (TPSA) is 35.5 Å². The molecule has 0 aliphatic carbocycles. The van der Waals surface area contributed by atoms with Crippen LogP contribution in [0.1, 0.15) is 84.5 Å². The molecule has 0 fully saturated rings. The van der Waals surface area contributed by atoms with Gasteiger partial charge in [-0.15, -0.1) is 9.05 Å². The lowest BCUT2D eigenvalue weighted by molar-refractivity contribution is 0.219. The van der Waals surface area contributed by atoms with Crippen LogP contribution in [0.2, 0.25) is 0 Å². The molecule has 19 heavy (non-hydrogen) atoms. The molecule has 0 aliphatic rings. The average molecular weight is 291 g/mol. The van der Waals surface area contributed by atoms with Gasteiger partial charge in [0.05, 0.1) is 0 Å². The minimum absolute atomic E-state index is 0.545. The van der Waals surface area contributed by atoms with Gasteiger partial charge in [-0.3, -0.25) is 0 Å². The molecule has 1 atom stereocenters. The van der Waals surface area contributed by atoms with Crippen LogP contribution in [0.15, 0.2) is 0 Å². The van der Waals surface area contributed by atoms with Gasteiger partial charge < -0.3 is 0 Å². The van der Waals surface area contributed by atoms with E-state index in [4.69, 9.17) is 9.05 Å². The summed E-state index contributed by atoms with van der Waals surface area (Å²) in [7, 11) is -1.88. The van der Waals surface area contributed by atoms with Crippen molar-refractivity contribution in [2.45, 2.75) is 84.5 Å². The molecule has 0 aromatic heterocycles. The number of unbranched alkanes of at least 4 members (excludes halogenated alkanes) is 9. The Bertz CT molecular complexity index is 198. The quantitative estimate of drug-likeness (QED) is 0.274. The van der Waals surface area contributed by atoms with Crippen LogP contribution in [-0.2, 0) is 13.6 Å². The summed E-state index contributed by atoms with van der Waals surface area (Å²) in [6, 6.07) is 0. The Morgan fingerprint density at radius 2 is 1.05 bits per heavy atom. The van der Waals surface area contributed by atoms with E-state index < -0.39 is 8.25 Å². The van der Waals surface area contributed by atoms with Crippen molar-refractivity contribution >= 4 is 8.25 Å². The lowest BCUT2D eigenvalue weighted by Gasteiger charge is -2.00. The Morgan fingerprint density at radius 3 is 1.58 bits per heavy atom. The second kappa shape index (κ2) is 16.1. The number of hydrogen-bond acceptors (Lipinski definition) is 3. The van der Waals surface area contributed by atoms with Crippen molar-refractivity contribution in [2.24, 2.45) is 0 Å². The predicted octanol–water partition coefficient (Wildman–Crippen LogP) is 6.01. The average Bonchev–Trinajstić information content (AvgIpc) is 2.41. The van der Waals surface area contributed by atoms with E-state index in [2.05, 4.69) is 13.8 Å². The fraction of sp³-hybridized carbons (Fsp3) is 1.00. The molecule has 3 nitrogen and oxygen atoms in total. The van der Waals surface area contributed by atoms with E-state index in [1.54, 1.807) is 0 Å². The Hall–Kier alpha value is 0.0200. The maximum Gasteiger partial charge on any atom is 0.697 e. The van der Waals surface area contributed by atoms with E-state index in [1.165, 1.54) is 51.4 Å². The second-order valence-corrected chi connectivity index (χ2v) is 6.04. The third-order valence-electron chi connectivity index (χ3n) is 3.14. The van der Waals surface area contributed by atoms with E-state index in [0.29, 0.717) is 13.2 Å². The summed E-state index contributed by atoms with van der Waals surface area (Å²) >= 11 is 0. The van der Waals surface area contributed by atoms with Gasteiger partial charge in [0.15, 0.2) is 0 Å². The highest BCUT2D eigenvalue weighted by molar-refractivity contribution is 7.33. The maximum absolute atomic E-state index is 11.3. The molecule has 114 valence electrons. The van der Waals surface area contributed by atoms with Gasteiger partial charge >= 0.3 is 8.25 Å². The van der Waals surface area contributed by atoms with Crippen LogP contribution >= 0.6 is 8.25 Å². The molecule has 0 aromatic carbocycles. The highest BCUT2D eigenvalue weighted by Gasteiger charge is 2.18. The highest BCUT2D eigenvalue weighted by atomic mass is 31.1. The number of rotatable bonds is 15. The van der Waals surface area contributed by atoms with Crippen molar-refractivity contribution in [1.29, 1.82) is 0 Å². The minimum atomic E-state index is -1.88. The SMILES string of the molecule is CCCCCCCCCCCO[P+](=O)OCCCC. The Labute approximate surface area is 120 Å². The summed E-state index contributed by atoms with van der Waals surface area (Å²) < 4.78 is 21.4. The molecule has 0 saturated heterocycles. The zero-order valence-corrected chi connectivity index (χ0v) is 13.8. The first-order valence-corrected chi connectivity index (χ1v) is 9.13. The molecule has 0 saturated carbocycles. The zero-order chi connectivity index (χ0) is 14.2. The molecule has 0 aromatic rings. The first-order valence-electron chi connectivity index (χ1n) is 8.04. The summed E-state index contributed by atoms with van der Waals surface area (Å²) in [5.74, 6) is 0. The monoisotopic (exact) mass is 291 g/mol. The van der Waals surface area contributed by atoms with Crippen molar-refractivity contribution in [3.05, 3.63) is 0 Å². The van der Waals surface area contributed by atoms with E-state index in [0.717, 1.165) is 19.3 Å². The molecule has 0 N–H and O–H groups in total. The molecule has 0 rings (SSSR count). The lowest BCUT2D eigenvalue weighted by Crippen LogP contribution is -1.91. The van der Waals surface area contributed by atoms with Crippen molar-refractivity contribution in [3.63, 3.8) is 0 Å². The molecule has 0 spiro atoms. The lowest BCUT2D eigenvalue weighted by atomic mass is 10.1. The summed E-state index contributed by atoms with van der Waals surface area (Å²) in [4.78, 5) is 0. The summed E-state index contributed by atoms with van der Waals surface area (Å²) in [5, 5.41) is 0. The largest absolute Gasteiger partial charge is 0.697 e. The molecule has 0 aliphatic heterocycles. The zero-order valence-electron chi connectivity index (χ0n) is 12.9. The minimum Gasteiger partial charge on any atom is -0.119 e. The van der Waals surface area contributed by atoms with Crippen molar-refractivity contribution < 1.29 is 13.6 Å². The van der Waals surface area contributed by atoms with Gasteiger partial charge in [-0.2, -0.15) is 0 Å². The first-order chi connectivity index (χ1) is 9.31. The van der Waals surface area contributed by atoms with Crippen LogP contribution in [0.25, 0.3) is 0 Å². The van der Waals surface area contributed by atoms with Crippen LogP contribution in [0.3, 0.4) is 0 Å². The molecule has 4 heteroatoms. The fourth-order valence-corrected chi connectivity index (χ4v) is 2.50. The molecule has 0 amide bonds. The van der Waals surface area contributed by atoms with Crippen LogP contribution < -0.4 is 0 Å². The standard InChI is InChI=1S/C15H32O3P/c1-3-5-7-8-9-10-11-12-13-15-18-19(16)17-14-6-4-2/h3-15H2,1-2H3/q+1. The first kappa shape index (κ1) is 19.0. The van der Waals surface area contributed by atoms with E-state index >= 15 is 0 Å². The van der Waals surface area contributed by atoms with Gasteiger partial charge in [0.1, 0.15) is 13.2 Å². The molecule has 0 radical (unpaired) electrons. The fourth-order valence-electron chi connectivity index (χ4n) is 1.87. The summed E-state index contributed by atoms with van der Waals surface area (Å²) in [6.45, 7) is 5.44. The van der Waals surface area contributed by atoms with Crippen LogP contribution in [0, 0.1) is 0 Å². The smallest absolute Gasteiger partial charge is 0.119 e. The van der Waals surface area contributed by atoms with Crippen LogP contribution in [-0.4, -0.2) is 13.2 Å². The van der Waals surface area contributed by atoms with Gasteiger partial charge in [0, 0.05) is 4.57 Å². The summed E-state index contributed by atoms with van der Waals surface area (Å²) in [6.07, 6.45) is 13.6. The van der Waals surface area contributed by atoms with E-state index in [9.17, 15) is 4.57 Å². The van der Waals surface area contributed by atoms with E-state index in [1.807, 2.05) is 0 Å². The molecule has 0 heterocycles. The molecule has 0 bridgehead atoms. The van der Waals surface area contributed by atoms with Gasteiger partial charge in [-0.05, 0) is 12.8 Å². The van der Waals surface area contributed by atoms with Crippen molar-refractivity contribution in [3.8, 4) is 0 Å². The third-order valence-corrected chi connectivity index (χ3v) is 3.93. The normalized spacial score (nSPS) is 11.8. The van der Waals surface area contributed by atoms with Crippen LogP contribution in [0.5, 0.6) is 0 Å². The van der Waals surface area contributed by atoms with Gasteiger partial charge in [-0.1, -0.05) is 71.6 Å². The Balaban J connectivity index is 3.07. The maximum atomic E-state index is 11.3. The van der Waals surface area contributed by atoms with Gasteiger partial charge in [0.2, 0.25) is 0 Å². The molecule has 1 unspecified atom stereocenters. The molecular weight excluding hydrogens is 259 g/mol. The Kier molecular flexibility index (Phi) is 16.1. The second-order valence-electron chi connectivity index (χ2n) is 5.07. The molecular formula is C15H32O3P+. The van der Waals surface area contributed by atoms with Gasteiger partial charge in [0.25, 0.3) is 0 Å². The van der Waals surface area contributed by atoms with Crippen LogP contribution in [0.4, 0.5) is 0 Å².